The highest BCUT2D eigenvalue weighted by atomic mass is 32.2. The Labute approximate surface area is 121 Å². The van der Waals surface area contributed by atoms with E-state index in [9.17, 15) is 4.79 Å². The van der Waals surface area contributed by atoms with Crippen LogP contribution >= 0.6 is 11.8 Å². The molecule has 0 spiro atoms. The summed E-state index contributed by atoms with van der Waals surface area (Å²) in [6.45, 7) is 0.785. The van der Waals surface area contributed by atoms with Gasteiger partial charge in [-0.1, -0.05) is 0 Å². The minimum absolute atomic E-state index is 0.251. The van der Waals surface area contributed by atoms with Crippen molar-refractivity contribution in [3.8, 4) is 0 Å². The van der Waals surface area contributed by atoms with Crippen molar-refractivity contribution in [2.24, 2.45) is 17.6 Å². The summed E-state index contributed by atoms with van der Waals surface area (Å²) in [5.74, 6) is 1.21. The molecule has 0 unspecified atom stereocenters. The van der Waals surface area contributed by atoms with Crippen molar-refractivity contribution >= 4 is 17.7 Å². The van der Waals surface area contributed by atoms with Crippen molar-refractivity contribution in [3.63, 3.8) is 0 Å². The Morgan fingerprint density at radius 3 is 2.26 bits per heavy atom. The van der Waals surface area contributed by atoms with E-state index in [1.807, 2.05) is 11.8 Å². The molecule has 0 aliphatic heterocycles. The number of nitrogens with two attached hydrogens (primary N) is 1. The molecule has 0 radical (unpaired) electrons. The van der Waals surface area contributed by atoms with Gasteiger partial charge in [-0.25, -0.2) is 0 Å². The maximum atomic E-state index is 12.3. The molecule has 0 aromatic carbocycles. The number of thioether (sulfide) groups is 1. The Kier molecular flexibility index (Phi) is 6.02. The molecule has 3 N–H and O–H groups in total. The third-order valence-corrected chi connectivity index (χ3v) is 6.04. The smallest absolute Gasteiger partial charge is 0.223 e. The third-order valence-electron chi connectivity index (χ3n) is 4.90. The number of hydrogen-bond donors (Lipinski definition) is 2. The summed E-state index contributed by atoms with van der Waals surface area (Å²) in [6, 6.07) is 0.433. The zero-order valence-electron chi connectivity index (χ0n) is 12.1. The van der Waals surface area contributed by atoms with Crippen LogP contribution in [0.4, 0.5) is 0 Å². The SMILES string of the molecule is CSC1CCC(NC(=O)C2CCC(CN)CC2)CC1. The first-order valence-corrected chi connectivity index (χ1v) is 9.05. The average Bonchev–Trinajstić information content (AvgIpc) is 2.48. The molecular weight excluding hydrogens is 256 g/mol. The van der Waals surface area contributed by atoms with Crippen LogP contribution in [0, 0.1) is 11.8 Å². The molecule has 0 bridgehead atoms. The van der Waals surface area contributed by atoms with Gasteiger partial charge < -0.3 is 11.1 Å². The van der Waals surface area contributed by atoms with Gasteiger partial charge in [-0.2, -0.15) is 11.8 Å². The van der Waals surface area contributed by atoms with Crippen LogP contribution in [-0.2, 0) is 4.79 Å². The van der Waals surface area contributed by atoms with E-state index in [-0.39, 0.29) is 5.92 Å². The second kappa shape index (κ2) is 7.53. The molecule has 2 fully saturated rings. The summed E-state index contributed by atoms with van der Waals surface area (Å²) in [4.78, 5) is 12.3. The van der Waals surface area contributed by atoms with Gasteiger partial charge in [-0.3, -0.25) is 4.79 Å². The van der Waals surface area contributed by atoms with E-state index < -0.39 is 0 Å². The fourth-order valence-electron chi connectivity index (χ4n) is 3.42. The maximum Gasteiger partial charge on any atom is 0.223 e. The Morgan fingerprint density at radius 1 is 1.11 bits per heavy atom. The Balaban J connectivity index is 1.70. The Morgan fingerprint density at radius 2 is 1.74 bits per heavy atom. The molecule has 0 aromatic rings. The standard InChI is InChI=1S/C15H28N2OS/c1-19-14-8-6-13(7-9-14)17-15(18)12-4-2-11(10-16)3-5-12/h11-14H,2-10,16H2,1H3,(H,17,18). The lowest BCUT2D eigenvalue weighted by Gasteiger charge is -2.31. The molecule has 3 nitrogen and oxygen atoms in total. The van der Waals surface area contributed by atoms with E-state index in [1.54, 1.807) is 0 Å². The molecule has 0 atom stereocenters. The predicted molar refractivity (Wildman–Crippen MR) is 82.2 cm³/mol. The van der Waals surface area contributed by atoms with E-state index >= 15 is 0 Å². The van der Waals surface area contributed by atoms with Crippen LogP contribution in [0.5, 0.6) is 0 Å². The highest BCUT2D eigenvalue weighted by Gasteiger charge is 2.28. The maximum absolute atomic E-state index is 12.3. The molecular formula is C15H28N2OS. The number of hydrogen-bond acceptors (Lipinski definition) is 3. The van der Waals surface area contributed by atoms with E-state index in [1.165, 1.54) is 12.8 Å². The minimum Gasteiger partial charge on any atom is -0.353 e. The summed E-state index contributed by atoms with van der Waals surface area (Å²) >= 11 is 1.97. The Hall–Kier alpha value is -0.220. The molecule has 0 aromatic heterocycles. The van der Waals surface area contributed by atoms with Gasteiger partial charge in [0.1, 0.15) is 0 Å². The number of carbonyl (C=O) groups excluding carboxylic acids is 1. The Bertz CT molecular complexity index is 282. The van der Waals surface area contributed by atoms with E-state index in [2.05, 4.69) is 11.6 Å². The van der Waals surface area contributed by atoms with Crippen LogP contribution in [0.2, 0.25) is 0 Å². The molecule has 19 heavy (non-hydrogen) atoms. The van der Waals surface area contributed by atoms with Crippen molar-refractivity contribution in [2.45, 2.75) is 62.7 Å². The molecule has 2 aliphatic carbocycles. The monoisotopic (exact) mass is 284 g/mol. The fraction of sp³-hybridized carbons (Fsp3) is 0.933. The lowest BCUT2D eigenvalue weighted by Crippen LogP contribution is -2.42. The first-order valence-electron chi connectivity index (χ1n) is 7.76. The van der Waals surface area contributed by atoms with Gasteiger partial charge in [0, 0.05) is 17.2 Å². The van der Waals surface area contributed by atoms with Gasteiger partial charge in [0.15, 0.2) is 0 Å². The van der Waals surface area contributed by atoms with Gasteiger partial charge in [-0.05, 0) is 70.1 Å². The number of amides is 1. The lowest BCUT2D eigenvalue weighted by molar-refractivity contribution is -0.127. The summed E-state index contributed by atoms with van der Waals surface area (Å²) in [5.41, 5.74) is 5.70. The fourth-order valence-corrected chi connectivity index (χ4v) is 4.17. The average molecular weight is 284 g/mol. The van der Waals surface area contributed by atoms with Crippen molar-refractivity contribution in [1.82, 2.24) is 5.32 Å². The van der Waals surface area contributed by atoms with Crippen LogP contribution in [0.3, 0.4) is 0 Å². The van der Waals surface area contributed by atoms with Crippen molar-refractivity contribution in [3.05, 3.63) is 0 Å². The first-order chi connectivity index (χ1) is 9.22. The largest absolute Gasteiger partial charge is 0.353 e. The van der Waals surface area contributed by atoms with Crippen LogP contribution in [0.25, 0.3) is 0 Å². The second-order valence-corrected chi connectivity index (χ2v) is 7.31. The lowest BCUT2D eigenvalue weighted by atomic mass is 9.81. The van der Waals surface area contributed by atoms with Crippen molar-refractivity contribution in [1.29, 1.82) is 0 Å². The molecule has 0 saturated heterocycles. The van der Waals surface area contributed by atoms with Crippen LogP contribution in [-0.4, -0.2) is 30.0 Å². The van der Waals surface area contributed by atoms with Gasteiger partial charge in [0.25, 0.3) is 0 Å². The van der Waals surface area contributed by atoms with Crippen molar-refractivity contribution < 1.29 is 4.79 Å². The highest BCUT2D eigenvalue weighted by molar-refractivity contribution is 7.99. The van der Waals surface area contributed by atoms with Crippen LogP contribution < -0.4 is 11.1 Å². The molecule has 0 heterocycles. The van der Waals surface area contributed by atoms with E-state index in [0.717, 1.165) is 50.3 Å². The van der Waals surface area contributed by atoms with E-state index in [4.69, 9.17) is 5.73 Å². The first kappa shape index (κ1) is 15.2. The molecule has 2 saturated carbocycles. The number of rotatable bonds is 4. The zero-order chi connectivity index (χ0) is 13.7. The van der Waals surface area contributed by atoms with Crippen LogP contribution in [0.15, 0.2) is 0 Å². The van der Waals surface area contributed by atoms with Gasteiger partial charge in [0.05, 0.1) is 0 Å². The van der Waals surface area contributed by atoms with Gasteiger partial charge in [-0.15, -0.1) is 0 Å². The predicted octanol–water partition coefficient (Wildman–Crippen LogP) is 2.54. The molecule has 2 aliphatic rings. The molecule has 2 rings (SSSR count). The van der Waals surface area contributed by atoms with Gasteiger partial charge >= 0.3 is 0 Å². The third kappa shape index (κ3) is 4.38. The van der Waals surface area contributed by atoms with E-state index in [0.29, 0.717) is 17.9 Å². The second-order valence-electron chi connectivity index (χ2n) is 6.17. The molecule has 4 heteroatoms. The van der Waals surface area contributed by atoms with Crippen LogP contribution in [0.1, 0.15) is 51.4 Å². The highest BCUT2D eigenvalue weighted by Crippen LogP contribution is 2.30. The topological polar surface area (TPSA) is 55.1 Å². The quantitative estimate of drug-likeness (QED) is 0.834. The zero-order valence-corrected chi connectivity index (χ0v) is 12.9. The summed E-state index contributed by atoms with van der Waals surface area (Å²) in [6.07, 6.45) is 11.4. The minimum atomic E-state index is 0.251. The summed E-state index contributed by atoms with van der Waals surface area (Å²) < 4.78 is 0. The summed E-state index contributed by atoms with van der Waals surface area (Å²) in [7, 11) is 0. The summed E-state index contributed by atoms with van der Waals surface area (Å²) in [5, 5.41) is 4.10. The molecule has 110 valence electrons. The van der Waals surface area contributed by atoms with Crippen molar-refractivity contribution in [2.75, 3.05) is 12.8 Å². The number of nitrogens with one attached hydrogen (secondary N) is 1. The molecule has 1 amide bonds. The van der Waals surface area contributed by atoms with Gasteiger partial charge in [0.2, 0.25) is 5.91 Å². The normalized spacial score (nSPS) is 35.9. The number of carbonyl (C=O) groups is 1.